The van der Waals surface area contributed by atoms with Gasteiger partial charge in [0.2, 0.25) is 0 Å². The lowest BCUT2D eigenvalue weighted by atomic mass is 10.1. The summed E-state index contributed by atoms with van der Waals surface area (Å²) >= 11 is 3.08. The Labute approximate surface area is 108 Å². The molecule has 5 heteroatoms. The van der Waals surface area contributed by atoms with Crippen LogP contribution in [-0.4, -0.2) is 36.6 Å². The summed E-state index contributed by atoms with van der Waals surface area (Å²) in [5.74, 6) is -0.446. The van der Waals surface area contributed by atoms with Gasteiger partial charge in [-0.3, -0.25) is 4.79 Å². The van der Waals surface area contributed by atoms with Crippen molar-refractivity contribution in [3.63, 3.8) is 0 Å². The number of carbonyl (C=O) groups excluding carboxylic acids is 1. The lowest BCUT2D eigenvalue weighted by molar-refractivity contribution is 0.00359. The van der Waals surface area contributed by atoms with Gasteiger partial charge in [0.05, 0.1) is 23.7 Å². The van der Waals surface area contributed by atoms with Crippen LogP contribution in [0, 0.1) is 5.82 Å². The first-order valence-corrected chi connectivity index (χ1v) is 6.22. The van der Waals surface area contributed by atoms with Crippen LogP contribution in [0.4, 0.5) is 4.39 Å². The molecule has 0 saturated carbocycles. The van der Waals surface area contributed by atoms with Crippen molar-refractivity contribution < 1.29 is 13.9 Å². The van der Waals surface area contributed by atoms with E-state index in [2.05, 4.69) is 15.9 Å². The maximum absolute atomic E-state index is 13.1. The second kappa shape index (κ2) is 5.14. The second-order valence-electron chi connectivity index (χ2n) is 4.05. The summed E-state index contributed by atoms with van der Waals surface area (Å²) in [5, 5.41) is 0. The molecule has 1 saturated heterocycles. The molecule has 0 N–H and O–H groups in total. The second-order valence-corrected chi connectivity index (χ2v) is 4.91. The fraction of sp³-hybridized carbons (Fsp3) is 0.417. The molecule has 17 heavy (non-hydrogen) atoms. The van der Waals surface area contributed by atoms with Crippen LogP contribution < -0.4 is 0 Å². The highest BCUT2D eigenvalue weighted by Crippen LogP contribution is 2.19. The molecule has 1 unspecified atom stereocenters. The standard InChI is InChI=1S/C12H13BrFNO2/c1-8-7-17-5-4-15(8)12(16)9-2-3-11(14)10(13)6-9/h2-3,6,8H,4-5,7H2,1H3. The van der Waals surface area contributed by atoms with Gasteiger partial charge in [-0.2, -0.15) is 0 Å². The molecule has 1 aliphatic heterocycles. The van der Waals surface area contributed by atoms with E-state index >= 15 is 0 Å². The van der Waals surface area contributed by atoms with Crippen molar-refractivity contribution in [2.45, 2.75) is 13.0 Å². The Morgan fingerprint density at radius 3 is 3.00 bits per heavy atom. The molecule has 3 nitrogen and oxygen atoms in total. The van der Waals surface area contributed by atoms with Crippen LogP contribution in [0.15, 0.2) is 22.7 Å². The molecule has 1 amide bonds. The molecule has 0 aromatic heterocycles. The lowest BCUT2D eigenvalue weighted by Crippen LogP contribution is -2.47. The Morgan fingerprint density at radius 1 is 1.59 bits per heavy atom. The fourth-order valence-corrected chi connectivity index (χ4v) is 2.20. The summed E-state index contributed by atoms with van der Waals surface area (Å²) in [4.78, 5) is 14.0. The van der Waals surface area contributed by atoms with Crippen LogP contribution in [0.1, 0.15) is 17.3 Å². The zero-order valence-corrected chi connectivity index (χ0v) is 11.0. The van der Waals surface area contributed by atoms with Crippen LogP contribution in [0.2, 0.25) is 0 Å². The fourth-order valence-electron chi connectivity index (χ4n) is 1.82. The number of carbonyl (C=O) groups is 1. The van der Waals surface area contributed by atoms with E-state index in [1.165, 1.54) is 18.2 Å². The Morgan fingerprint density at radius 2 is 2.35 bits per heavy atom. The molecule has 92 valence electrons. The van der Waals surface area contributed by atoms with Gasteiger partial charge in [0.15, 0.2) is 0 Å². The van der Waals surface area contributed by atoms with Crippen LogP contribution in [0.3, 0.4) is 0 Å². The highest BCUT2D eigenvalue weighted by molar-refractivity contribution is 9.10. The number of halogens is 2. The normalized spacial score (nSPS) is 20.4. The predicted octanol–water partition coefficient (Wildman–Crippen LogP) is 2.45. The van der Waals surface area contributed by atoms with Crippen molar-refractivity contribution in [3.8, 4) is 0 Å². The zero-order valence-electron chi connectivity index (χ0n) is 9.45. The van der Waals surface area contributed by atoms with E-state index in [-0.39, 0.29) is 17.8 Å². The van der Waals surface area contributed by atoms with Crippen LogP contribution in [0.5, 0.6) is 0 Å². The number of ether oxygens (including phenoxy) is 1. The van der Waals surface area contributed by atoms with E-state index in [0.29, 0.717) is 29.8 Å². The van der Waals surface area contributed by atoms with Crippen LogP contribution in [0.25, 0.3) is 0 Å². The molecule has 1 heterocycles. The summed E-state index contributed by atoms with van der Waals surface area (Å²) < 4.78 is 18.7. The molecule has 1 atom stereocenters. The molecule has 0 spiro atoms. The van der Waals surface area contributed by atoms with Crippen LogP contribution >= 0.6 is 15.9 Å². The van der Waals surface area contributed by atoms with Crippen molar-refractivity contribution in [1.82, 2.24) is 4.90 Å². The third-order valence-electron chi connectivity index (χ3n) is 2.80. The SMILES string of the molecule is CC1COCCN1C(=O)c1ccc(F)c(Br)c1. The smallest absolute Gasteiger partial charge is 0.254 e. The van der Waals surface area contributed by atoms with Gasteiger partial charge in [0.1, 0.15) is 5.82 Å². The summed E-state index contributed by atoms with van der Waals surface area (Å²) in [6, 6.07) is 4.37. The van der Waals surface area contributed by atoms with Gasteiger partial charge in [-0.15, -0.1) is 0 Å². The minimum absolute atomic E-state index is 0.0556. The largest absolute Gasteiger partial charge is 0.377 e. The maximum atomic E-state index is 13.1. The van der Waals surface area contributed by atoms with E-state index in [4.69, 9.17) is 4.74 Å². The molecule has 1 aromatic rings. The Hall–Kier alpha value is -0.940. The molecular weight excluding hydrogens is 289 g/mol. The highest BCUT2D eigenvalue weighted by Gasteiger charge is 2.24. The third kappa shape index (κ3) is 2.66. The first kappa shape index (κ1) is 12.5. The maximum Gasteiger partial charge on any atom is 0.254 e. The molecule has 2 rings (SSSR count). The van der Waals surface area contributed by atoms with Gasteiger partial charge in [-0.05, 0) is 41.1 Å². The van der Waals surface area contributed by atoms with E-state index in [1.54, 1.807) is 4.90 Å². The number of amides is 1. The summed E-state index contributed by atoms with van der Waals surface area (Å²) in [6.45, 7) is 3.62. The number of hydrogen-bond acceptors (Lipinski definition) is 2. The monoisotopic (exact) mass is 301 g/mol. The molecule has 0 bridgehead atoms. The third-order valence-corrected chi connectivity index (χ3v) is 3.40. The van der Waals surface area contributed by atoms with Gasteiger partial charge in [-0.1, -0.05) is 0 Å². The van der Waals surface area contributed by atoms with Gasteiger partial charge in [0, 0.05) is 12.1 Å². The predicted molar refractivity (Wildman–Crippen MR) is 65.4 cm³/mol. The number of benzene rings is 1. The van der Waals surface area contributed by atoms with E-state index in [1.807, 2.05) is 6.92 Å². The first-order chi connectivity index (χ1) is 8.09. The zero-order chi connectivity index (χ0) is 12.4. The van der Waals surface area contributed by atoms with E-state index in [9.17, 15) is 9.18 Å². The highest BCUT2D eigenvalue weighted by atomic mass is 79.9. The molecule has 0 aliphatic carbocycles. The van der Waals surface area contributed by atoms with Crippen molar-refractivity contribution >= 4 is 21.8 Å². The minimum atomic E-state index is -0.364. The van der Waals surface area contributed by atoms with E-state index in [0.717, 1.165) is 0 Å². The quantitative estimate of drug-likeness (QED) is 0.797. The molecule has 1 aromatic carbocycles. The first-order valence-electron chi connectivity index (χ1n) is 5.43. The Bertz CT molecular complexity index is 439. The lowest BCUT2D eigenvalue weighted by Gasteiger charge is -2.33. The molecule has 1 aliphatic rings. The number of rotatable bonds is 1. The van der Waals surface area contributed by atoms with Crippen LogP contribution in [-0.2, 0) is 4.74 Å². The summed E-state index contributed by atoms with van der Waals surface area (Å²) in [5.41, 5.74) is 0.493. The number of nitrogens with zero attached hydrogens (tertiary/aromatic N) is 1. The van der Waals surface area contributed by atoms with Gasteiger partial charge >= 0.3 is 0 Å². The molecular formula is C12H13BrFNO2. The minimum Gasteiger partial charge on any atom is -0.377 e. The number of hydrogen-bond donors (Lipinski definition) is 0. The van der Waals surface area contributed by atoms with Crippen molar-refractivity contribution in [3.05, 3.63) is 34.1 Å². The van der Waals surface area contributed by atoms with Crippen molar-refractivity contribution in [2.24, 2.45) is 0 Å². The molecule has 0 radical (unpaired) electrons. The average Bonchev–Trinajstić information content (AvgIpc) is 2.32. The topological polar surface area (TPSA) is 29.5 Å². The van der Waals surface area contributed by atoms with Gasteiger partial charge in [-0.25, -0.2) is 4.39 Å². The Kier molecular flexibility index (Phi) is 3.79. The molecule has 1 fully saturated rings. The summed E-state index contributed by atoms with van der Waals surface area (Å²) in [6.07, 6.45) is 0. The van der Waals surface area contributed by atoms with Gasteiger partial charge < -0.3 is 9.64 Å². The van der Waals surface area contributed by atoms with Crippen molar-refractivity contribution in [2.75, 3.05) is 19.8 Å². The average molecular weight is 302 g/mol. The van der Waals surface area contributed by atoms with Crippen molar-refractivity contribution in [1.29, 1.82) is 0 Å². The summed E-state index contributed by atoms with van der Waals surface area (Å²) in [7, 11) is 0. The Balaban J connectivity index is 2.21. The number of morpholine rings is 1. The van der Waals surface area contributed by atoms with Gasteiger partial charge in [0.25, 0.3) is 5.91 Å². The van der Waals surface area contributed by atoms with E-state index < -0.39 is 0 Å².